The fraction of sp³-hybridized carbons (Fsp3) is 0.381. The summed E-state index contributed by atoms with van der Waals surface area (Å²) in [7, 11) is 0. The van der Waals surface area contributed by atoms with Gasteiger partial charge in [0.15, 0.2) is 0 Å². The molecule has 1 fully saturated rings. The Labute approximate surface area is 143 Å². The molecule has 1 saturated carbocycles. The number of amides is 1. The van der Waals surface area contributed by atoms with E-state index in [2.05, 4.69) is 5.32 Å². The minimum atomic E-state index is -0.966. The Hall–Kier alpha value is -2.13. The van der Waals surface area contributed by atoms with E-state index in [9.17, 15) is 9.90 Å². The summed E-state index contributed by atoms with van der Waals surface area (Å²) in [6.45, 7) is 2.28. The van der Waals surface area contributed by atoms with E-state index in [-0.39, 0.29) is 24.3 Å². The second-order valence-corrected chi connectivity index (χ2v) is 6.65. The molecule has 3 rings (SSSR count). The van der Waals surface area contributed by atoms with Crippen LogP contribution in [0.25, 0.3) is 0 Å². The zero-order chi connectivity index (χ0) is 17.0. The first-order valence-electron chi connectivity index (χ1n) is 8.75. The minimum absolute atomic E-state index is 0.0151. The molecule has 126 valence electrons. The van der Waals surface area contributed by atoms with Gasteiger partial charge in [0.1, 0.15) is 5.60 Å². The van der Waals surface area contributed by atoms with E-state index < -0.39 is 5.60 Å². The third-order valence-corrected chi connectivity index (χ3v) is 4.99. The molecule has 1 aliphatic carbocycles. The maximum atomic E-state index is 12.7. The quantitative estimate of drug-likeness (QED) is 0.818. The number of hydrogen-bond donors (Lipinski definition) is 2. The predicted octanol–water partition coefficient (Wildman–Crippen LogP) is 3.59. The summed E-state index contributed by atoms with van der Waals surface area (Å²) in [6.07, 6.45) is 2.76. The van der Waals surface area contributed by atoms with Gasteiger partial charge in [-0.15, -0.1) is 0 Å². The molecule has 0 spiro atoms. The van der Waals surface area contributed by atoms with Crippen LogP contribution < -0.4 is 5.32 Å². The standard InChI is InChI=1S/C21H25NO2/c1-2-19(16-9-5-3-6-10-16)20(23)22-15-21(24,18-13-14-18)17-11-7-4-8-12-17/h3-12,18-19,24H,2,13-15H2,1H3,(H,22,23). The van der Waals surface area contributed by atoms with Gasteiger partial charge in [0.25, 0.3) is 0 Å². The maximum absolute atomic E-state index is 12.7. The fourth-order valence-corrected chi connectivity index (χ4v) is 3.37. The maximum Gasteiger partial charge on any atom is 0.227 e. The number of carbonyl (C=O) groups excluding carboxylic acids is 1. The minimum Gasteiger partial charge on any atom is -0.383 e. The van der Waals surface area contributed by atoms with Crippen LogP contribution in [0, 0.1) is 5.92 Å². The Balaban J connectivity index is 1.72. The van der Waals surface area contributed by atoms with Gasteiger partial charge < -0.3 is 10.4 Å². The normalized spacial score (nSPS) is 17.8. The van der Waals surface area contributed by atoms with Gasteiger partial charge >= 0.3 is 0 Å². The molecule has 0 aliphatic heterocycles. The SMILES string of the molecule is CCC(C(=O)NCC(O)(c1ccccc1)C1CC1)c1ccccc1. The molecule has 2 aromatic carbocycles. The summed E-state index contributed by atoms with van der Waals surface area (Å²) < 4.78 is 0. The summed E-state index contributed by atoms with van der Waals surface area (Å²) in [6, 6.07) is 19.5. The number of benzene rings is 2. The van der Waals surface area contributed by atoms with E-state index in [1.807, 2.05) is 67.6 Å². The van der Waals surface area contributed by atoms with Gasteiger partial charge in [-0.1, -0.05) is 67.6 Å². The lowest BCUT2D eigenvalue weighted by Gasteiger charge is -2.30. The lowest BCUT2D eigenvalue weighted by Crippen LogP contribution is -2.43. The molecule has 0 bridgehead atoms. The highest BCUT2D eigenvalue weighted by atomic mass is 16.3. The third kappa shape index (κ3) is 3.51. The first-order valence-corrected chi connectivity index (χ1v) is 8.75. The Bertz CT molecular complexity index is 667. The topological polar surface area (TPSA) is 49.3 Å². The predicted molar refractivity (Wildman–Crippen MR) is 95.5 cm³/mol. The molecule has 2 N–H and O–H groups in total. The summed E-state index contributed by atoms with van der Waals surface area (Å²) in [5.74, 6) is 0.0427. The second kappa shape index (κ2) is 7.18. The molecule has 3 nitrogen and oxygen atoms in total. The Kier molecular flexibility index (Phi) is 5.00. The molecule has 1 aliphatic rings. The van der Waals surface area contributed by atoms with Crippen LogP contribution >= 0.6 is 0 Å². The van der Waals surface area contributed by atoms with Crippen molar-refractivity contribution in [1.82, 2.24) is 5.32 Å². The van der Waals surface area contributed by atoms with Gasteiger partial charge in [0.05, 0.1) is 12.5 Å². The highest BCUT2D eigenvalue weighted by Gasteiger charge is 2.45. The van der Waals surface area contributed by atoms with Crippen molar-refractivity contribution in [3.63, 3.8) is 0 Å². The molecular weight excluding hydrogens is 298 g/mol. The van der Waals surface area contributed by atoms with Crippen LogP contribution in [0.2, 0.25) is 0 Å². The van der Waals surface area contributed by atoms with Crippen LogP contribution in [0.1, 0.15) is 43.2 Å². The largest absolute Gasteiger partial charge is 0.383 e. The van der Waals surface area contributed by atoms with E-state index >= 15 is 0 Å². The van der Waals surface area contributed by atoms with Crippen LogP contribution in [-0.4, -0.2) is 17.6 Å². The average molecular weight is 323 g/mol. The van der Waals surface area contributed by atoms with Crippen LogP contribution in [0.15, 0.2) is 60.7 Å². The van der Waals surface area contributed by atoms with Crippen molar-refractivity contribution >= 4 is 5.91 Å². The molecule has 3 heteroatoms. The number of rotatable bonds is 7. The number of nitrogens with one attached hydrogen (secondary N) is 1. The number of hydrogen-bond acceptors (Lipinski definition) is 2. The molecule has 0 aromatic heterocycles. The molecule has 2 unspecified atom stereocenters. The van der Waals surface area contributed by atoms with Gasteiger partial charge in [0, 0.05) is 0 Å². The first kappa shape index (κ1) is 16.7. The number of aliphatic hydroxyl groups is 1. The molecule has 0 saturated heterocycles. The zero-order valence-electron chi connectivity index (χ0n) is 14.1. The zero-order valence-corrected chi connectivity index (χ0v) is 14.1. The van der Waals surface area contributed by atoms with Crippen LogP contribution in [0.5, 0.6) is 0 Å². The van der Waals surface area contributed by atoms with E-state index in [1.54, 1.807) is 0 Å². The monoisotopic (exact) mass is 323 g/mol. The number of carbonyl (C=O) groups is 1. The smallest absolute Gasteiger partial charge is 0.227 e. The van der Waals surface area contributed by atoms with E-state index in [4.69, 9.17) is 0 Å². The summed E-state index contributed by atoms with van der Waals surface area (Å²) in [5, 5.41) is 14.2. The highest BCUT2D eigenvalue weighted by Crippen LogP contribution is 2.45. The van der Waals surface area contributed by atoms with Gasteiger partial charge in [-0.25, -0.2) is 0 Å². The van der Waals surface area contributed by atoms with Gasteiger partial charge in [-0.05, 0) is 36.3 Å². The van der Waals surface area contributed by atoms with Gasteiger partial charge in [-0.3, -0.25) is 4.79 Å². The van der Waals surface area contributed by atoms with Crippen molar-refractivity contribution in [2.24, 2.45) is 5.92 Å². The van der Waals surface area contributed by atoms with E-state index in [0.29, 0.717) is 0 Å². The molecule has 1 amide bonds. The van der Waals surface area contributed by atoms with Crippen molar-refractivity contribution in [2.75, 3.05) is 6.54 Å². The average Bonchev–Trinajstić information content (AvgIpc) is 3.48. The van der Waals surface area contributed by atoms with Crippen molar-refractivity contribution in [3.05, 3.63) is 71.8 Å². The Morgan fingerprint density at radius 1 is 1.12 bits per heavy atom. The molecule has 2 aromatic rings. The summed E-state index contributed by atoms with van der Waals surface area (Å²) in [4.78, 5) is 12.7. The van der Waals surface area contributed by atoms with Crippen LogP contribution in [0.3, 0.4) is 0 Å². The van der Waals surface area contributed by atoms with E-state index in [0.717, 1.165) is 30.4 Å². The fourth-order valence-electron chi connectivity index (χ4n) is 3.37. The molecule has 24 heavy (non-hydrogen) atoms. The Morgan fingerprint density at radius 3 is 2.25 bits per heavy atom. The third-order valence-electron chi connectivity index (χ3n) is 4.99. The summed E-state index contributed by atoms with van der Waals surface area (Å²) >= 11 is 0. The Morgan fingerprint density at radius 2 is 1.71 bits per heavy atom. The molecule has 0 heterocycles. The van der Waals surface area contributed by atoms with Gasteiger partial charge in [0.2, 0.25) is 5.91 Å². The van der Waals surface area contributed by atoms with Gasteiger partial charge in [-0.2, -0.15) is 0 Å². The van der Waals surface area contributed by atoms with Crippen molar-refractivity contribution < 1.29 is 9.90 Å². The molecule has 2 atom stereocenters. The van der Waals surface area contributed by atoms with Crippen molar-refractivity contribution in [2.45, 2.75) is 37.7 Å². The van der Waals surface area contributed by atoms with Crippen LogP contribution in [-0.2, 0) is 10.4 Å². The van der Waals surface area contributed by atoms with Crippen molar-refractivity contribution in [1.29, 1.82) is 0 Å². The lowest BCUT2D eigenvalue weighted by atomic mass is 9.88. The van der Waals surface area contributed by atoms with E-state index in [1.165, 1.54) is 0 Å². The molecule has 0 radical (unpaired) electrons. The lowest BCUT2D eigenvalue weighted by molar-refractivity contribution is -0.124. The highest BCUT2D eigenvalue weighted by molar-refractivity contribution is 5.83. The first-order chi connectivity index (χ1) is 11.6. The van der Waals surface area contributed by atoms with Crippen LogP contribution in [0.4, 0.5) is 0 Å². The summed E-state index contributed by atoms with van der Waals surface area (Å²) in [5.41, 5.74) is 0.944. The second-order valence-electron chi connectivity index (χ2n) is 6.65. The molecular formula is C21H25NO2. The van der Waals surface area contributed by atoms with Crippen molar-refractivity contribution in [3.8, 4) is 0 Å².